The first-order chi connectivity index (χ1) is 15.3. The highest BCUT2D eigenvalue weighted by atomic mass is 35.5. The predicted octanol–water partition coefficient (Wildman–Crippen LogP) is 4.88. The van der Waals surface area contributed by atoms with E-state index in [1.54, 1.807) is 17.2 Å². The number of aromatic nitrogens is 2. The van der Waals surface area contributed by atoms with Crippen LogP contribution in [0.1, 0.15) is 48.6 Å². The standard InChI is InChI=1S/C11H13N3O2.C8H8Cl2.C5H11N/c1-3-11(16)13-4-5-14-9(8(2)15)6-12-10(14)7-13;1-2-6-5-7(9)3-4-8(6)10;1-6-4-2-3-5-6/h3,6H,1,4-5,7H2,2H3;3-5H,2H2,1H3;2-5H2,1H3. The summed E-state index contributed by atoms with van der Waals surface area (Å²) in [7, 11) is 2.17. The summed E-state index contributed by atoms with van der Waals surface area (Å²) in [4.78, 5) is 30.9. The number of carbonyl (C=O) groups excluding carboxylic acids is 2. The Morgan fingerprint density at radius 2 is 1.84 bits per heavy atom. The fourth-order valence-corrected chi connectivity index (χ4v) is 3.99. The molecule has 0 unspecified atom stereocenters. The second-order valence-corrected chi connectivity index (χ2v) is 8.67. The van der Waals surface area contributed by atoms with Crippen LogP contribution >= 0.6 is 23.2 Å². The molecule has 0 atom stereocenters. The third-order valence-electron chi connectivity index (χ3n) is 5.43. The maximum absolute atomic E-state index is 11.4. The molecule has 1 aromatic carbocycles. The molecule has 0 spiro atoms. The normalized spacial score (nSPS) is 15.1. The first-order valence-electron chi connectivity index (χ1n) is 10.9. The number of carbonyl (C=O) groups is 2. The van der Waals surface area contributed by atoms with Crippen LogP contribution < -0.4 is 0 Å². The van der Waals surface area contributed by atoms with Crippen LogP contribution in [0.3, 0.4) is 0 Å². The van der Waals surface area contributed by atoms with Gasteiger partial charge in [0.15, 0.2) is 5.78 Å². The minimum Gasteiger partial charge on any atom is -0.330 e. The molecule has 0 bridgehead atoms. The van der Waals surface area contributed by atoms with Gasteiger partial charge in [0.05, 0.1) is 12.7 Å². The predicted molar refractivity (Wildman–Crippen MR) is 130 cm³/mol. The summed E-state index contributed by atoms with van der Waals surface area (Å²) < 4.78 is 1.87. The van der Waals surface area contributed by atoms with Crippen LogP contribution in [0.2, 0.25) is 10.0 Å². The van der Waals surface area contributed by atoms with E-state index in [1.165, 1.54) is 38.9 Å². The highest BCUT2D eigenvalue weighted by Crippen LogP contribution is 2.20. The molecule has 1 amide bonds. The molecule has 1 saturated heterocycles. The van der Waals surface area contributed by atoms with Crippen molar-refractivity contribution in [2.24, 2.45) is 0 Å². The molecule has 2 aromatic rings. The molecule has 1 aromatic heterocycles. The highest BCUT2D eigenvalue weighted by molar-refractivity contribution is 6.33. The lowest BCUT2D eigenvalue weighted by molar-refractivity contribution is -0.127. The van der Waals surface area contributed by atoms with Crippen LogP contribution in [0.5, 0.6) is 0 Å². The Bertz CT molecular complexity index is 936. The lowest BCUT2D eigenvalue weighted by atomic mass is 10.2. The molecule has 8 heteroatoms. The summed E-state index contributed by atoms with van der Waals surface area (Å²) in [6, 6.07) is 5.51. The van der Waals surface area contributed by atoms with Gasteiger partial charge in [-0.25, -0.2) is 4.98 Å². The number of rotatable bonds is 3. The molecule has 0 radical (unpaired) electrons. The lowest BCUT2D eigenvalue weighted by Gasteiger charge is -2.27. The number of Topliss-reactive ketones (excluding diaryl/α,β-unsaturated/α-hetero) is 1. The van der Waals surface area contributed by atoms with Crippen molar-refractivity contribution in [2.45, 2.75) is 46.2 Å². The van der Waals surface area contributed by atoms with Crippen molar-refractivity contribution in [3.8, 4) is 0 Å². The Morgan fingerprint density at radius 1 is 1.16 bits per heavy atom. The van der Waals surface area contributed by atoms with Gasteiger partial charge in [0, 0.05) is 30.1 Å². The number of amides is 1. The number of benzene rings is 1. The van der Waals surface area contributed by atoms with Gasteiger partial charge in [-0.05, 0) is 69.2 Å². The summed E-state index contributed by atoms with van der Waals surface area (Å²) in [5, 5.41) is 1.55. The molecule has 2 aliphatic rings. The monoisotopic (exact) mass is 478 g/mol. The second kappa shape index (κ2) is 12.8. The summed E-state index contributed by atoms with van der Waals surface area (Å²) in [6.07, 6.45) is 6.62. The molecule has 174 valence electrons. The minimum absolute atomic E-state index is 0.00208. The van der Waals surface area contributed by atoms with Crippen LogP contribution in [0, 0.1) is 0 Å². The third kappa shape index (κ3) is 7.47. The van der Waals surface area contributed by atoms with Gasteiger partial charge in [0.25, 0.3) is 0 Å². The molecule has 2 aliphatic heterocycles. The van der Waals surface area contributed by atoms with E-state index in [4.69, 9.17) is 23.2 Å². The highest BCUT2D eigenvalue weighted by Gasteiger charge is 2.22. The molecule has 3 heterocycles. The number of imidazole rings is 1. The van der Waals surface area contributed by atoms with E-state index >= 15 is 0 Å². The lowest BCUT2D eigenvalue weighted by Crippen LogP contribution is -2.38. The Balaban J connectivity index is 0.000000192. The van der Waals surface area contributed by atoms with Crippen LogP contribution in [-0.4, -0.2) is 57.7 Å². The van der Waals surface area contributed by atoms with Gasteiger partial charge >= 0.3 is 0 Å². The van der Waals surface area contributed by atoms with E-state index in [0.29, 0.717) is 25.3 Å². The first-order valence-corrected chi connectivity index (χ1v) is 11.6. The van der Waals surface area contributed by atoms with Crippen molar-refractivity contribution in [1.29, 1.82) is 0 Å². The number of hydrogen-bond donors (Lipinski definition) is 0. The van der Waals surface area contributed by atoms with Crippen LogP contribution in [-0.2, 0) is 24.3 Å². The molecular weight excluding hydrogens is 447 g/mol. The number of hydrogen-bond acceptors (Lipinski definition) is 4. The smallest absolute Gasteiger partial charge is 0.246 e. The van der Waals surface area contributed by atoms with E-state index in [-0.39, 0.29) is 11.7 Å². The van der Waals surface area contributed by atoms with Crippen molar-refractivity contribution < 1.29 is 9.59 Å². The maximum Gasteiger partial charge on any atom is 0.246 e. The Kier molecular flexibility index (Phi) is 10.4. The Hall–Kier alpha value is -2.15. The zero-order valence-corrected chi connectivity index (χ0v) is 20.6. The van der Waals surface area contributed by atoms with E-state index < -0.39 is 0 Å². The molecule has 32 heavy (non-hydrogen) atoms. The number of likely N-dealkylation sites (tertiary alicyclic amines) is 1. The van der Waals surface area contributed by atoms with E-state index in [1.807, 2.05) is 16.7 Å². The number of ketones is 1. The van der Waals surface area contributed by atoms with Crippen molar-refractivity contribution in [3.63, 3.8) is 0 Å². The zero-order chi connectivity index (χ0) is 23.7. The topological polar surface area (TPSA) is 58.4 Å². The molecule has 4 rings (SSSR count). The largest absolute Gasteiger partial charge is 0.330 e. The van der Waals surface area contributed by atoms with E-state index in [9.17, 15) is 9.59 Å². The number of fused-ring (bicyclic) bond motifs is 1. The third-order valence-corrected chi connectivity index (χ3v) is 6.03. The maximum atomic E-state index is 11.4. The van der Waals surface area contributed by atoms with E-state index in [0.717, 1.165) is 27.9 Å². The van der Waals surface area contributed by atoms with Crippen LogP contribution in [0.25, 0.3) is 0 Å². The number of nitrogens with zero attached hydrogens (tertiary/aromatic N) is 4. The SMILES string of the molecule is C=CC(=O)N1CCn2c(C(C)=O)cnc2C1.CCc1cc(Cl)ccc1Cl.CN1CCCC1. The Morgan fingerprint density at radius 3 is 2.34 bits per heavy atom. The second-order valence-electron chi connectivity index (χ2n) is 7.83. The first kappa shape index (κ1) is 26.1. The fraction of sp³-hybridized carbons (Fsp3) is 0.458. The molecule has 6 nitrogen and oxygen atoms in total. The molecule has 0 N–H and O–H groups in total. The zero-order valence-electron chi connectivity index (χ0n) is 19.1. The van der Waals surface area contributed by atoms with Crippen molar-refractivity contribution in [2.75, 3.05) is 26.7 Å². The number of halogens is 2. The summed E-state index contributed by atoms with van der Waals surface area (Å²) >= 11 is 11.6. The van der Waals surface area contributed by atoms with Gasteiger partial charge in [0.2, 0.25) is 5.91 Å². The number of aryl methyl sites for hydroxylation is 1. The minimum atomic E-state index is -0.0985. The molecule has 0 saturated carbocycles. The van der Waals surface area contributed by atoms with Crippen molar-refractivity contribution in [3.05, 3.63) is 64.2 Å². The fourth-order valence-electron chi connectivity index (χ4n) is 3.55. The van der Waals surface area contributed by atoms with Gasteiger partial charge < -0.3 is 14.4 Å². The van der Waals surface area contributed by atoms with Gasteiger partial charge in [-0.3, -0.25) is 9.59 Å². The van der Waals surface area contributed by atoms with Gasteiger partial charge in [-0.15, -0.1) is 0 Å². The van der Waals surface area contributed by atoms with Crippen LogP contribution in [0.15, 0.2) is 37.1 Å². The molecule has 0 aliphatic carbocycles. The van der Waals surface area contributed by atoms with Crippen LogP contribution in [0.4, 0.5) is 0 Å². The van der Waals surface area contributed by atoms with E-state index in [2.05, 4.69) is 30.4 Å². The summed E-state index contributed by atoms with van der Waals surface area (Å²) in [6.45, 7) is 11.3. The van der Waals surface area contributed by atoms with Crippen molar-refractivity contribution >= 4 is 34.9 Å². The van der Waals surface area contributed by atoms with Gasteiger partial charge in [0.1, 0.15) is 11.5 Å². The van der Waals surface area contributed by atoms with Crippen molar-refractivity contribution in [1.82, 2.24) is 19.4 Å². The molecule has 1 fully saturated rings. The summed E-state index contributed by atoms with van der Waals surface area (Å²) in [5.74, 6) is 0.660. The average molecular weight is 479 g/mol. The quantitative estimate of drug-likeness (QED) is 0.465. The summed E-state index contributed by atoms with van der Waals surface area (Å²) in [5.41, 5.74) is 1.72. The Labute approximate surface area is 200 Å². The van der Waals surface area contributed by atoms with Gasteiger partial charge in [-0.2, -0.15) is 0 Å². The average Bonchev–Trinajstić information content (AvgIpc) is 3.44. The molecular formula is C24H32Cl2N4O2. The van der Waals surface area contributed by atoms with Gasteiger partial charge in [-0.1, -0.05) is 36.7 Å².